The van der Waals surface area contributed by atoms with Gasteiger partial charge in [-0.05, 0) is 45.1 Å². The quantitative estimate of drug-likeness (QED) is 0.341. The Kier molecular flexibility index (Phi) is 4.14. The van der Waals surface area contributed by atoms with Crippen LogP contribution in [0, 0.1) is 0 Å². The fourth-order valence-electron chi connectivity index (χ4n) is 3.99. The fourth-order valence-corrected chi connectivity index (χ4v) is 3.99. The fraction of sp³-hybridized carbons (Fsp3) is 0.929. The van der Waals surface area contributed by atoms with Crippen LogP contribution in [0.2, 0.25) is 0 Å². The minimum atomic E-state index is -0.000569. The van der Waals surface area contributed by atoms with Gasteiger partial charge in [-0.2, -0.15) is 0 Å². The first-order chi connectivity index (χ1) is 9.74. The zero-order valence-corrected chi connectivity index (χ0v) is 12.0. The molecule has 0 saturated carbocycles. The van der Waals surface area contributed by atoms with Crippen molar-refractivity contribution in [2.24, 2.45) is 10.9 Å². The first kappa shape index (κ1) is 14.1. The summed E-state index contributed by atoms with van der Waals surface area (Å²) >= 11 is 0. The van der Waals surface area contributed by atoms with Crippen molar-refractivity contribution in [1.82, 2.24) is 4.90 Å². The molecule has 6 nitrogen and oxygen atoms in total. The number of hydrogen-bond acceptors (Lipinski definition) is 5. The van der Waals surface area contributed by atoms with Crippen molar-refractivity contribution in [1.29, 1.82) is 0 Å². The van der Waals surface area contributed by atoms with Gasteiger partial charge in [0.1, 0.15) is 0 Å². The van der Waals surface area contributed by atoms with E-state index >= 15 is 0 Å². The van der Waals surface area contributed by atoms with E-state index in [2.05, 4.69) is 10.1 Å². The predicted molar refractivity (Wildman–Crippen MR) is 74.9 cm³/mol. The Hall–Kier alpha value is -0.850. The third-order valence-electron chi connectivity index (χ3n) is 5.09. The molecule has 0 aromatic carbocycles. The van der Waals surface area contributed by atoms with Gasteiger partial charge in [0, 0.05) is 25.9 Å². The summed E-state index contributed by atoms with van der Waals surface area (Å²) in [5, 5.41) is 12.2. The van der Waals surface area contributed by atoms with Crippen LogP contribution < -0.4 is 5.73 Å². The van der Waals surface area contributed by atoms with E-state index in [0.717, 1.165) is 64.9 Å². The molecule has 1 spiro atoms. The van der Waals surface area contributed by atoms with E-state index in [1.165, 1.54) is 0 Å². The van der Waals surface area contributed by atoms with Crippen LogP contribution in [0.3, 0.4) is 0 Å². The highest BCUT2D eigenvalue weighted by molar-refractivity contribution is 5.85. The minimum Gasteiger partial charge on any atom is -0.409 e. The van der Waals surface area contributed by atoms with E-state index in [9.17, 15) is 0 Å². The highest BCUT2D eigenvalue weighted by Crippen LogP contribution is 2.38. The van der Waals surface area contributed by atoms with E-state index in [0.29, 0.717) is 11.9 Å². The molecular formula is C14H25N3O3. The van der Waals surface area contributed by atoms with Crippen molar-refractivity contribution < 1.29 is 14.7 Å². The summed E-state index contributed by atoms with van der Waals surface area (Å²) in [5.74, 6) is 0.356. The van der Waals surface area contributed by atoms with Gasteiger partial charge in [0.05, 0.1) is 11.6 Å². The van der Waals surface area contributed by atoms with Crippen molar-refractivity contribution in [3.63, 3.8) is 0 Å². The van der Waals surface area contributed by atoms with Crippen LogP contribution in [0.25, 0.3) is 0 Å². The van der Waals surface area contributed by atoms with Crippen molar-refractivity contribution >= 4 is 5.84 Å². The summed E-state index contributed by atoms with van der Waals surface area (Å²) in [6.07, 6.45) is 6.18. The second-order valence-corrected chi connectivity index (χ2v) is 6.21. The van der Waals surface area contributed by atoms with Gasteiger partial charge in [-0.3, -0.25) is 4.90 Å². The number of nitrogens with zero attached hydrogens (tertiary/aromatic N) is 2. The first-order valence-electron chi connectivity index (χ1n) is 7.69. The Morgan fingerprint density at radius 1 is 1.25 bits per heavy atom. The molecule has 0 amide bonds. The lowest BCUT2D eigenvalue weighted by atomic mass is 9.83. The summed E-state index contributed by atoms with van der Waals surface area (Å²) in [5.41, 5.74) is 5.85. The molecule has 0 aliphatic carbocycles. The number of amidine groups is 1. The highest BCUT2D eigenvalue weighted by Gasteiger charge is 2.43. The van der Waals surface area contributed by atoms with Gasteiger partial charge in [0.15, 0.2) is 5.84 Å². The maximum Gasteiger partial charge on any atom is 0.156 e. The van der Waals surface area contributed by atoms with Crippen LogP contribution in [0.15, 0.2) is 5.16 Å². The largest absolute Gasteiger partial charge is 0.409 e. The number of ether oxygens (including phenoxy) is 2. The van der Waals surface area contributed by atoms with Gasteiger partial charge < -0.3 is 20.4 Å². The molecule has 3 saturated heterocycles. The lowest BCUT2D eigenvalue weighted by Gasteiger charge is -2.46. The van der Waals surface area contributed by atoms with E-state index in [1.807, 2.05) is 0 Å². The summed E-state index contributed by atoms with van der Waals surface area (Å²) in [7, 11) is 0. The lowest BCUT2D eigenvalue weighted by molar-refractivity contribution is -0.151. The molecule has 0 bridgehead atoms. The van der Waals surface area contributed by atoms with Gasteiger partial charge in [0.2, 0.25) is 0 Å². The Morgan fingerprint density at radius 3 is 2.80 bits per heavy atom. The molecule has 3 aliphatic rings. The van der Waals surface area contributed by atoms with E-state index in [4.69, 9.17) is 20.4 Å². The minimum absolute atomic E-state index is 0.000569. The Bertz CT molecular complexity index is 363. The molecule has 20 heavy (non-hydrogen) atoms. The zero-order chi connectivity index (χ0) is 14.0. The van der Waals surface area contributed by atoms with Crippen LogP contribution in [0.1, 0.15) is 38.5 Å². The predicted octanol–water partition coefficient (Wildman–Crippen LogP) is 0.925. The Balaban J connectivity index is 1.70. The van der Waals surface area contributed by atoms with E-state index in [-0.39, 0.29) is 11.6 Å². The first-order valence-corrected chi connectivity index (χ1v) is 7.69. The molecule has 3 fully saturated rings. The van der Waals surface area contributed by atoms with Crippen LogP contribution in [0.4, 0.5) is 0 Å². The summed E-state index contributed by atoms with van der Waals surface area (Å²) in [4.78, 5) is 2.43. The number of oxime groups is 1. The average molecular weight is 283 g/mol. The Morgan fingerprint density at radius 2 is 2.05 bits per heavy atom. The number of hydrogen-bond donors (Lipinski definition) is 2. The van der Waals surface area contributed by atoms with Crippen molar-refractivity contribution in [2.45, 2.75) is 56.2 Å². The van der Waals surface area contributed by atoms with E-state index < -0.39 is 0 Å². The van der Waals surface area contributed by atoms with Crippen LogP contribution in [0.5, 0.6) is 0 Å². The van der Waals surface area contributed by atoms with Gasteiger partial charge in [-0.15, -0.1) is 0 Å². The number of likely N-dealkylation sites (tertiary alicyclic amines) is 1. The molecular weight excluding hydrogens is 258 g/mol. The standard InChI is InChI=1S/C14H25N3O3/c15-13(16-18)12-2-1-6-17(12)11-3-7-20-14(10-11)4-8-19-9-5-14/h11-12,18H,1-10H2,(H2,15,16). The van der Waals surface area contributed by atoms with Crippen molar-refractivity contribution in [2.75, 3.05) is 26.4 Å². The highest BCUT2D eigenvalue weighted by atomic mass is 16.5. The molecule has 114 valence electrons. The van der Waals surface area contributed by atoms with Gasteiger partial charge in [-0.25, -0.2) is 0 Å². The van der Waals surface area contributed by atoms with Crippen LogP contribution in [-0.2, 0) is 9.47 Å². The van der Waals surface area contributed by atoms with Gasteiger partial charge in [-0.1, -0.05) is 5.16 Å². The summed E-state index contributed by atoms with van der Waals surface area (Å²) in [6, 6.07) is 0.578. The molecule has 3 N–H and O–H groups in total. The lowest BCUT2D eigenvalue weighted by Crippen LogP contribution is -2.54. The number of nitrogens with two attached hydrogens (primary N) is 1. The molecule has 3 aliphatic heterocycles. The number of rotatable bonds is 2. The second-order valence-electron chi connectivity index (χ2n) is 6.21. The second kappa shape index (κ2) is 5.87. The molecule has 0 aromatic rings. The SMILES string of the molecule is NC(=NO)C1CCCN1C1CCOC2(CCOCC2)C1. The third kappa shape index (κ3) is 2.64. The van der Waals surface area contributed by atoms with Gasteiger partial charge in [0.25, 0.3) is 0 Å². The van der Waals surface area contributed by atoms with Crippen LogP contribution in [-0.4, -0.2) is 60.0 Å². The maximum atomic E-state index is 8.95. The zero-order valence-electron chi connectivity index (χ0n) is 12.0. The monoisotopic (exact) mass is 283 g/mol. The van der Waals surface area contributed by atoms with Crippen molar-refractivity contribution in [3.05, 3.63) is 0 Å². The smallest absolute Gasteiger partial charge is 0.156 e. The summed E-state index contributed by atoms with van der Waals surface area (Å²) in [6.45, 7) is 3.45. The van der Waals surface area contributed by atoms with E-state index in [1.54, 1.807) is 0 Å². The molecule has 2 unspecified atom stereocenters. The molecule has 2 atom stereocenters. The van der Waals surface area contributed by atoms with Gasteiger partial charge >= 0.3 is 0 Å². The maximum absolute atomic E-state index is 8.95. The summed E-state index contributed by atoms with van der Waals surface area (Å²) < 4.78 is 11.6. The average Bonchev–Trinajstić information content (AvgIpc) is 2.97. The molecule has 0 aromatic heterocycles. The normalized spacial score (nSPS) is 35.5. The molecule has 3 heterocycles. The Labute approximate surface area is 119 Å². The topological polar surface area (TPSA) is 80.3 Å². The molecule has 0 radical (unpaired) electrons. The molecule has 3 rings (SSSR count). The third-order valence-corrected chi connectivity index (χ3v) is 5.09. The molecule has 6 heteroatoms. The van der Waals surface area contributed by atoms with Crippen molar-refractivity contribution in [3.8, 4) is 0 Å². The van der Waals surface area contributed by atoms with Crippen LogP contribution >= 0.6 is 0 Å².